The summed E-state index contributed by atoms with van der Waals surface area (Å²) in [5.74, 6) is 0.435. The Balaban J connectivity index is 1.77. The molecule has 1 heterocycles. The number of sulfonamides is 1. The second-order valence-electron chi connectivity index (χ2n) is 6.46. The van der Waals surface area contributed by atoms with Gasteiger partial charge >= 0.3 is 0 Å². The molecule has 0 spiro atoms. The van der Waals surface area contributed by atoms with Crippen LogP contribution in [0.15, 0.2) is 41.3 Å². The number of methoxy groups -OCH3 is 1. The molecule has 2 aromatic carbocycles. The maximum absolute atomic E-state index is 13.1. The van der Waals surface area contributed by atoms with Gasteiger partial charge in [-0.3, -0.25) is 0 Å². The number of halogens is 1. The summed E-state index contributed by atoms with van der Waals surface area (Å²) < 4.78 is 45.9. The van der Waals surface area contributed by atoms with E-state index in [1.807, 2.05) is 13.8 Å². The van der Waals surface area contributed by atoms with Crippen LogP contribution in [-0.2, 0) is 10.0 Å². The van der Waals surface area contributed by atoms with E-state index in [0.29, 0.717) is 36.8 Å². The average molecular weight is 378 g/mol. The summed E-state index contributed by atoms with van der Waals surface area (Å²) in [7, 11) is -1.97. The van der Waals surface area contributed by atoms with Gasteiger partial charge in [-0.2, -0.15) is 4.31 Å². The van der Waals surface area contributed by atoms with Crippen molar-refractivity contribution in [3.8, 4) is 5.75 Å². The standard InChI is InChI=1S/C19H23FN2O3S/c1-14-12-18(13-15(2)19(14)25-3)26(23,24)22-10-8-21(9-11-22)17-6-4-16(20)5-7-17/h4-7,12-13H,8-11H2,1-3H3. The number of hydrogen-bond donors (Lipinski definition) is 0. The smallest absolute Gasteiger partial charge is 0.243 e. The first-order valence-corrected chi connectivity index (χ1v) is 9.93. The van der Waals surface area contributed by atoms with Crippen molar-refractivity contribution in [2.45, 2.75) is 18.7 Å². The number of benzene rings is 2. The van der Waals surface area contributed by atoms with Crippen LogP contribution in [0.3, 0.4) is 0 Å². The van der Waals surface area contributed by atoms with Gasteiger partial charge in [-0.05, 0) is 61.4 Å². The minimum absolute atomic E-state index is 0.278. The fourth-order valence-corrected chi connectivity index (χ4v) is 4.96. The monoisotopic (exact) mass is 378 g/mol. The van der Waals surface area contributed by atoms with Crippen LogP contribution in [0.25, 0.3) is 0 Å². The van der Waals surface area contributed by atoms with Crippen molar-refractivity contribution in [2.24, 2.45) is 0 Å². The van der Waals surface area contributed by atoms with Gasteiger partial charge in [-0.1, -0.05) is 0 Å². The molecule has 0 unspecified atom stereocenters. The number of anilines is 1. The van der Waals surface area contributed by atoms with Gasteiger partial charge in [-0.25, -0.2) is 12.8 Å². The Morgan fingerprint density at radius 2 is 1.50 bits per heavy atom. The lowest BCUT2D eigenvalue weighted by atomic mass is 10.1. The molecule has 5 nitrogen and oxygen atoms in total. The fourth-order valence-electron chi connectivity index (χ4n) is 3.37. The third-order valence-corrected chi connectivity index (χ3v) is 6.58. The summed E-state index contributed by atoms with van der Waals surface area (Å²) in [5.41, 5.74) is 2.51. The van der Waals surface area contributed by atoms with Gasteiger partial charge in [0.15, 0.2) is 0 Å². The van der Waals surface area contributed by atoms with E-state index in [4.69, 9.17) is 4.74 Å². The predicted molar refractivity (Wildman–Crippen MR) is 99.8 cm³/mol. The second kappa shape index (κ2) is 7.25. The minimum Gasteiger partial charge on any atom is -0.496 e. The van der Waals surface area contributed by atoms with E-state index in [9.17, 15) is 12.8 Å². The molecule has 3 rings (SSSR count). The highest BCUT2D eigenvalue weighted by molar-refractivity contribution is 7.89. The minimum atomic E-state index is -3.55. The lowest BCUT2D eigenvalue weighted by Crippen LogP contribution is -2.48. The number of rotatable bonds is 4. The molecule has 7 heteroatoms. The van der Waals surface area contributed by atoms with Crippen molar-refractivity contribution in [1.82, 2.24) is 4.31 Å². The molecule has 0 radical (unpaired) electrons. The number of nitrogens with zero attached hydrogens (tertiary/aromatic N) is 2. The first kappa shape index (κ1) is 18.7. The van der Waals surface area contributed by atoms with Crippen LogP contribution in [-0.4, -0.2) is 46.0 Å². The molecule has 0 N–H and O–H groups in total. The molecule has 0 aromatic heterocycles. The molecule has 0 bridgehead atoms. The van der Waals surface area contributed by atoms with E-state index in [0.717, 1.165) is 16.8 Å². The van der Waals surface area contributed by atoms with Crippen molar-refractivity contribution in [3.05, 3.63) is 53.3 Å². The number of piperazine rings is 1. The van der Waals surface area contributed by atoms with Crippen LogP contribution in [0.4, 0.5) is 10.1 Å². The lowest BCUT2D eigenvalue weighted by molar-refractivity contribution is 0.384. The highest BCUT2D eigenvalue weighted by atomic mass is 32.2. The zero-order chi connectivity index (χ0) is 18.9. The zero-order valence-corrected chi connectivity index (χ0v) is 16.0. The summed E-state index contributed by atoms with van der Waals surface area (Å²) >= 11 is 0. The normalized spacial score (nSPS) is 15.9. The summed E-state index contributed by atoms with van der Waals surface area (Å²) in [6, 6.07) is 9.59. The van der Waals surface area contributed by atoms with Crippen LogP contribution in [0.1, 0.15) is 11.1 Å². The largest absolute Gasteiger partial charge is 0.496 e. The molecule has 1 fully saturated rings. The lowest BCUT2D eigenvalue weighted by Gasteiger charge is -2.35. The quantitative estimate of drug-likeness (QED) is 0.821. The van der Waals surface area contributed by atoms with E-state index >= 15 is 0 Å². The van der Waals surface area contributed by atoms with Gasteiger partial charge in [0.2, 0.25) is 10.0 Å². The molecule has 1 saturated heterocycles. The molecular formula is C19H23FN2O3S. The Morgan fingerprint density at radius 3 is 2.00 bits per heavy atom. The van der Waals surface area contributed by atoms with Crippen LogP contribution in [0.2, 0.25) is 0 Å². The molecule has 0 atom stereocenters. The molecule has 0 saturated carbocycles. The van der Waals surface area contributed by atoms with Crippen LogP contribution in [0, 0.1) is 19.7 Å². The highest BCUT2D eigenvalue weighted by Gasteiger charge is 2.29. The fraction of sp³-hybridized carbons (Fsp3) is 0.368. The Labute approximate surface area is 154 Å². The van der Waals surface area contributed by atoms with Crippen molar-refractivity contribution < 1.29 is 17.5 Å². The van der Waals surface area contributed by atoms with Crippen molar-refractivity contribution in [3.63, 3.8) is 0 Å². The Morgan fingerprint density at radius 1 is 0.962 bits per heavy atom. The first-order chi connectivity index (χ1) is 12.3. The van der Waals surface area contributed by atoms with Crippen LogP contribution < -0.4 is 9.64 Å². The van der Waals surface area contributed by atoms with E-state index in [1.54, 1.807) is 31.4 Å². The van der Waals surface area contributed by atoms with Gasteiger partial charge in [0.25, 0.3) is 0 Å². The first-order valence-electron chi connectivity index (χ1n) is 8.49. The van der Waals surface area contributed by atoms with Gasteiger partial charge < -0.3 is 9.64 Å². The summed E-state index contributed by atoms with van der Waals surface area (Å²) in [6.45, 7) is 5.61. The van der Waals surface area contributed by atoms with Crippen molar-refractivity contribution >= 4 is 15.7 Å². The van der Waals surface area contributed by atoms with Gasteiger partial charge in [0.05, 0.1) is 12.0 Å². The van der Waals surface area contributed by atoms with Crippen molar-refractivity contribution in [1.29, 1.82) is 0 Å². The Hall–Kier alpha value is -2.12. The molecule has 0 aliphatic carbocycles. The predicted octanol–water partition coefficient (Wildman–Crippen LogP) is 2.96. The van der Waals surface area contributed by atoms with Gasteiger partial charge in [0, 0.05) is 31.9 Å². The molecule has 140 valence electrons. The Kier molecular flexibility index (Phi) is 5.20. The maximum Gasteiger partial charge on any atom is 0.243 e. The maximum atomic E-state index is 13.1. The molecule has 1 aliphatic rings. The molecular weight excluding hydrogens is 355 g/mol. The molecule has 0 amide bonds. The van der Waals surface area contributed by atoms with Crippen LogP contribution >= 0.6 is 0 Å². The van der Waals surface area contributed by atoms with E-state index in [-0.39, 0.29) is 5.82 Å². The molecule has 2 aromatic rings. The average Bonchev–Trinajstić information content (AvgIpc) is 2.62. The number of aryl methyl sites for hydroxylation is 2. The van der Waals surface area contributed by atoms with Gasteiger partial charge in [0.1, 0.15) is 11.6 Å². The third-order valence-electron chi connectivity index (χ3n) is 4.71. The molecule has 26 heavy (non-hydrogen) atoms. The second-order valence-corrected chi connectivity index (χ2v) is 8.40. The Bertz CT molecular complexity index is 866. The van der Waals surface area contributed by atoms with E-state index in [2.05, 4.69) is 4.90 Å². The summed E-state index contributed by atoms with van der Waals surface area (Å²) in [4.78, 5) is 2.36. The summed E-state index contributed by atoms with van der Waals surface area (Å²) in [6.07, 6.45) is 0. The highest BCUT2D eigenvalue weighted by Crippen LogP contribution is 2.29. The van der Waals surface area contributed by atoms with Gasteiger partial charge in [-0.15, -0.1) is 0 Å². The molecule has 1 aliphatic heterocycles. The zero-order valence-electron chi connectivity index (χ0n) is 15.2. The summed E-state index contributed by atoms with van der Waals surface area (Å²) in [5, 5.41) is 0. The van der Waals surface area contributed by atoms with Crippen molar-refractivity contribution in [2.75, 3.05) is 38.2 Å². The third kappa shape index (κ3) is 3.54. The number of hydrogen-bond acceptors (Lipinski definition) is 4. The van der Waals surface area contributed by atoms with E-state index < -0.39 is 10.0 Å². The van der Waals surface area contributed by atoms with E-state index in [1.165, 1.54) is 16.4 Å². The SMILES string of the molecule is COc1c(C)cc(S(=O)(=O)N2CCN(c3ccc(F)cc3)CC2)cc1C. The van der Waals surface area contributed by atoms with Crippen LogP contribution in [0.5, 0.6) is 5.75 Å². The topological polar surface area (TPSA) is 49.9 Å². The number of ether oxygens (including phenoxy) is 1.